The first-order valence-corrected chi connectivity index (χ1v) is 6.13. The summed E-state index contributed by atoms with van der Waals surface area (Å²) in [4.78, 5) is 21.4. The van der Waals surface area contributed by atoms with Gasteiger partial charge in [0.25, 0.3) is 0 Å². The predicted molar refractivity (Wildman–Crippen MR) is 66.8 cm³/mol. The van der Waals surface area contributed by atoms with Gasteiger partial charge in [0.05, 0.1) is 10.8 Å². The van der Waals surface area contributed by atoms with Gasteiger partial charge in [-0.1, -0.05) is 6.42 Å². The van der Waals surface area contributed by atoms with Crippen molar-refractivity contribution in [1.29, 1.82) is 0 Å². The first-order chi connectivity index (χ1) is 8.99. The molecule has 1 heterocycles. The third-order valence-electron chi connectivity index (χ3n) is 3.51. The minimum Gasteiger partial charge on any atom is -0.481 e. The quantitative estimate of drug-likeness (QED) is 0.614. The van der Waals surface area contributed by atoms with Crippen LogP contribution in [-0.2, 0) is 11.8 Å². The van der Waals surface area contributed by atoms with E-state index < -0.39 is 10.9 Å². The Labute approximate surface area is 109 Å². The lowest BCUT2D eigenvalue weighted by Crippen LogP contribution is -2.24. The van der Waals surface area contributed by atoms with Crippen molar-refractivity contribution in [2.45, 2.75) is 19.3 Å². The number of hydrogen-bond donors (Lipinski definition) is 2. The van der Waals surface area contributed by atoms with Gasteiger partial charge in [0.2, 0.25) is 5.82 Å². The highest BCUT2D eigenvalue weighted by molar-refractivity contribution is 5.70. The number of hydrogen-bond acceptors (Lipinski definition) is 5. The van der Waals surface area contributed by atoms with Gasteiger partial charge in [-0.25, -0.2) is 0 Å². The van der Waals surface area contributed by atoms with Crippen molar-refractivity contribution in [2.75, 3.05) is 11.9 Å². The minimum atomic E-state index is -0.792. The van der Waals surface area contributed by atoms with Crippen LogP contribution in [0.1, 0.15) is 19.3 Å². The van der Waals surface area contributed by atoms with E-state index >= 15 is 0 Å². The summed E-state index contributed by atoms with van der Waals surface area (Å²) in [5, 5.41) is 26.8. The third kappa shape index (κ3) is 2.83. The number of aliphatic carboxylic acids is 1. The zero-order chi connectivity index (χ0) is 14.0. The van der Waals surface area contributed by atoms with Crippen molar-refractivity contribution in [3.8, 4) is 0 Å². The lowest BCUT2D eigenvalue weighted by atomic mass is 9.96. The molecule has 1 fully saturated rings. The summed E-state index contributed by atoms with van der Waals surface area (Å²) in [6, 6.07) is 0. The molecule has 2 N–H and O–H groups in total. The Bertz CT molecular complexity index is 499. The maximum absolute atomic E-state index is 11.0. The average Bonchev–Trinajstić information content (AvgIpc) is 2.92. The van der Waals surface area contributed by atoms with E-state index in [1.54, 1.807) is 7.05 Å². The van der Waals surface area contributed by atoms with Gasteiger partial charge in [-0.3, -0.25) is 19.6 Å². The van der Waals surface area contributed by atoms with Gasteiger partial charge < -0.3 is 10.4 Å². The molecule has 1 aromatic rings. The topological polar surface area (TPSA) is 110 Å². The van der Waals surface area contributed by atoms with Crippen LogP contribution in [0.25, 0.3) is 0 Å². The maximum Gasteiger partial charge on any atom is 0.330 e. The highest BCUT2D eigenvalue weighted by Crippen LogP contribution is 2.32. The molecular formula is C11H16N4O4. The summed E-state index contributed by atoms with van der Waals surface area (Å²) in [5.74, 6) is -0.960. The summed E-state index contributed by atoms with van der Waals surface area (Å²) < 4.78 is 1.36. The number of nitrogens with zero attached hydrogens (tertiary/aromatic N) is 3. The molecule has 2 rings (SSSR count). The molecule has 8 nitrogen and oxygen atoms in total. The first-order valence-electron chi connectivity index (χ1n) is 6.13. The molecule has 2 atom stereocenters. The number of nitrogens with one attached hydrogen (secondary N) is 1. The number of aromatic nitrogens is 2. The van der Waals surface area contributed by atoms with E-state index in [-0.39, 0.29) is 23.3 Å². The standard InChI is InChI=1S/C11H16N4O4/c1-14-6-9(15(18)19)10(13-14)12-5-7-3-2-4-8(7)11(16)17/h6-8H,2-5H2,1H3,(H,12,13)(H,16,17). The van der Waals surface area contributed by atoms with Crippen molar-refractivity contribution < 1.29 is 14.8 Å². The van der Waals surface area contributed by atoms with Gasteiger partial charge in [0, 0.05) is 13.6 Å². The van der Waals surface area contributed by atoms with Crippen LogP contribution in [0.5, 0.6) is 0 Å². The van der Waals surface area contributed by atoms with Crippen molar-refractivity contribution >= 4 is 17.5 Å². The van der Waals surface area contributed by atoms with Gasteiger partial charge in [-0.2, -0.15) is 0 Å². The molecule has 19 heavy (non-hydrogen) atoms. The fraction of sp³-hybridized carbons (Fsp3) is 0.636. The van der Waals surface area contributed by atoms with Crippen LogP contribution in [-0.4, -0.2) is 32.3 Å². The monoisotopic (exact) mass is 268 g/mol. The molecule has 0 saturated heterocycles. The second-order valence-electron chi connectivity index (χ2n) is 4.81. The Balaban J connectivity index is 2.02. The normalized spacial score (nSPS) is 22.4. The van der Waals surface area contributed by atoms with E-state index in [2.05, 4.69) is 10.4 Å². The molecule has 0 spiro atoms. The largest absolute Gasteiger partial charge is 0.481 e. The van der Waals surface area contributed by atoms with Crippen molar-refractivity contribution in [1.82, 2.24) is 9.78 Å². The Morgan fingerprint density at radius 1 is 1.68 bits per heavy atom. The van der Waals surface area contributed by atoms with Crippen LogP contribution >= 0.6 is 0 Å². The summed E-state index contributed by atoms with van der Waals surface area (Å²) >= 11 is 0. The molecule has 0 amide bonds. The van der Waals surface area contributed by atoms with E-state index in [0.717, 1.165) is 12.8 Å². The van der Waals surface area contributed by atoms with Crippen LogP contribution in [0.3, 0.4) is 0 Å². The number of rotatable bonds is 5. The second kappa shape index (κ2) is 5.25. The first kappa shape index (κ1) is 13.3. The fourth-order valence-electron chi connectivity index (χ4n) is 2.57. The van der Waals surface area contributed by atoms with Gasteiger partial charge in [0.15, 0.2) is 0 Å². The zero-order valence-corrected chi connectivity index (χ0v) is 10.6. The molecule has 0 aliphatic heterocycles. The molecule has 0 aromatic carbocycles. The summed E-state index contributed by atoms with van der Waals surface area (Å²) in [6.07, 6.45) is 3.70. The van der Waals surface area contributed by atoms with Crippen LogP contribution in [0.4, 0.5) is 11.5 Å². The molecule has 104 valence electrons. The van der Waals surface area contributed by atoms with E-state index in [1.807, 2.05) is 0 Å². The predicted octanol–water partition coefficient (Wildman–Crippen LogP) is 1.24. The number of aryl methyl sites for hydroxylation is 1. The van der Waals surface area contributed by atoms with Crippen molar-refractivity contribution in [2.24, 2.45) is 18.9 Å². The molecule has 1 aliphatic carbocycles. The van der Waals surface area contributed by atoms with Crippen LogP contribution in [0.2, 0.25) is 0 Å². The van der Waals surface area contributed by atoms with Crippen LogP contribution in [0.15, 0.2) is 6.20 Å². The zero-order valence-electron chi connectivity index (χ0n) is 10.6. The van der Waals surface area contributed by atoms with Crippen LogP contribution < -0.4 is 5.32 Å². The van der Waals surface area contributed by atoms with E-state index in [4.69, 9.17) is 5.11 Å². The minimum absolute atomic E-state index is 0.000824. The van der Waals surface area contributed by atoms with Gasteiger partial charge in [0.1, 0.15) is 6.20 Å². The second-order valence-corrected chi connectivity index (χ2v) is 4.81. The van der Waals surface area contributed by atoms with Gasteiger partial charge >= 0.3 is 11.7 Å². The van der Waals surface area contributed by atoms with Gasteiger partial charge in [-0.05, 0) is 18.8 Å². The smallest absolute Gasteiger partial charge is 0.330 e. The molecular weight excluding hydrogens is 252 g/mol. The Kier molecular flexibility index (Phi) is 3.68. The van der Waals surface area contributed by atoms with Crippen molar-refractivity contribution in [3.63, 3.8) is 0 Å². The van der Waals surface area contributed by atoms with E-state index in [1.165, 1.54) is 10.9 Å². The Morgan fingerprint density at radius 2 is 2.42 bits per heavy atom. The Hall–Kier alpha value is -2.12. The molecule has 1 aromatic heterocycles. The maximum atomic E-state index is 11.0. The summed E-state index contributed by atoms with van der Waals surface area (Å²) in [6.45, 7) is 0.398. The highest BCUT2D eigenvalue weighted by atomic mass is 16.6. The molecule has 1 aliphatic rings. The highest BCUT2D eigenvalue weighted by Gasteiger charge is 2.33. The molecule has 0 radical (unpaired) electrons. The molecule has 0 bridgehead atoms. The number of nitro groups is 1. The average molecular weight is 268 g/mol. The molecule has 1 saturated carbocycles. The summed E-state index contributed by atoms with van der Waals surface area (Å²) in [5.41, 5.74) is -0.0904. The van der Waals surface area contributed by atoms with Gasteiger partial charge in [-0.15, -0.1) is 5.10 Å². The Morgan fingerprint density at radius 3 is 3.05 bits per heavy atom. The van der Waals surface area contributed by atoms with Crippen LogP contribution in [0, 0.1) is 22.0 Å². The fourth-order valence-corrected chi connectivity index (χ4v) is 2.57. The van der Waals surface area contributed by atoms with Crippen molar-refractivity contribution in [3.05, 3.63) is 16.3 Å². The number of anilines is 1. The third-order valence-corrected chi connectivity index (χ3v) is 3.51. The van der Waals surface area contributed by atoms with E-state index in [9.17, 15) is 14.9 Å². The lowest BCUT2D eigenvalue weighted by Gasteiger charge is -2.15. The van der Waals surface area contributed by atoms with E-state index in [0.29, 0.717) is 13.0 Å². The number of carboxylic acids is 1. The SMILES string of the molecule is Cn1cc([N+](=O)[O-])c(NCC2CCCC2C(=O)O)n1. The summed E-state index contributed by atoms with van der Waals surface area (Å²) in [7, 11) is 1.60. The number of carboxylic acid groups (broad SMARTS) is 1. The molecule has 2 unspecified atom stereocenters. The lowest BCUT2D eigenvalue weighted by molar-refractivity contribution is -0.384. The number of carbonyl (C=O) groups is 1. The molecule has 8 heteroatoms.